The van der Waals surface area contributed by atoms with Crippen molar-refractivity contribution < 1.29 is 18.0 Å². The molecule has 186 valence electrons. The van der Waals surface area contributed by atoms with Crippen LogP contribution in [0.5, 0.6) is 0 Å². The number of amides is 2. The lowest BCUT2D eigenvalue weighted by atomic mass is 10.1. The van der Waals surface area contributed by atoms with Gasteiger partial charge in [0.2, 0.25) is 21.8 Å². The van der Waals surface area contributed by atoms with E-state index < -0.39 is 28.5 Å². The van der Waals surface area contributed by atoms with Gasteiger partial charge in [0.1, 0.15) is 12.6 Å². The normalized spacial score (nSPS) is 13.1. The summed E-state index contributed by atoms with van der Waals surface area (Å²) in [7, 11) is -3.86. The lowest BCUT2D eigenvalue weighted by Gasteiger charge is -2.32. The molecule has 10 heteroatoms. The van der Waals surface area contributed by atoms with Crippen molar-refractivity contribution in [3.8, 4) is 0 Å². The Labute approximate surface area is 212 Å². The van der Waals surface area contributed by atoms with E-state index in [4.69, 9.17) is 23.2 Å². The van der Waals surface area contributed by atoms with Crippen LogP contribution in [0.4, 0.5) is 5.69 Å². The van der Waals surface area contributed by atoms with Crippen molar-refractivity contribution >= 4 is 50.7 Å². The van der Waals surface area contributed by atoms with Crippen molar-refractivity contribution in [2.24, 2.45) is 0 Å². The molecular weight excluding hydrogens is 497 g/mol. The molecule has 1 N–H and O–H groups in total. The summed E-state index contributed by atoms with van der Waals surface area (Å²) in [6.45, 7) is 7.04. The number of carbonyl (C=O) groups is 2. The Kier molecular flexibility index (Phi) is 9.79. The van der Waals surface area contributed by atoms with Crippen molar-refractivity contribution in [3.63, 3.8) is 0 Å². The van der Waals surface area contributed by atoms with Gasteiger partial charge in [-0.2, -0.15) is 0 Å². The third kappa shape index (κ3) is 7.89. The van der Waals surface area contributed by atoms with Gasteiger partial charge in [-0.1, -0.05) is 60.0 Å². The highest BCUT2D eigenvalue weighted by atomic mass is 35.5. The number of carbonyl (C=O) groups excluding carboxylic acids is 2. The quantitative estimate of drug-likeness (QED) is 0.495. The number of rotatable bonds is 10. The Morgan fingerprint density at radius 1 is 1.03 bits per heavy atom. The van der Waals surface area contributed by atoms with E-state index in [2.05, 4.69) is 5.32 Å². The fourth-order valence-corrected chi connectivity index (χ4v) is 4.58. The molecule has 0 heterocycles. The highest BCUT2D eigenvalue weighted by Gasteiger charge is 2.30. The minimum Gasteiger partial charge on any atom is -0.352 e. The van der Waals surface area contributed by atoms with Crippen LogP contribution in [-0.4, -0.2) is 50.0 Å². The first kappa shape index (κ1) is 28.0. The Balaban J connectivity index is 2.41. The number of aryl methyl sites for hydroxylation is 1. The first-order valence-corrected chi connectivity index (χ1v) is 13.5. The average molecular weight is 529 g/mol. The van der Waals surface area contributed by atoms with E-state index in [1.807, 2.05) is 45.0 Å². The first-order valence-electron chi connectivity index (χ1n) is 10.9. The van der Waals surface area contributed by atoms with E-state index in [1.165, 1.54) is 23.1 Å². The molecular formula is C24H31Cl2N3O4S. The van der Waals surface area contributed by atoms with Gasteiger partial charge in [0.25, 0.3) is 0 Å². The summed E-state index contributed by atoms with van der Waals surface area (Å²) in [5, 5.41) is 3.37. The van der Waals surface area contributed by atoms with Gasteiger partial charge in [-0.15, -0.1) is 0 Å². The van der Waals surface area contributed by atoms with Crippen molar-refractivity contribution in [1.29, 1.82) is 0 Å². The monoisotopic (exact) mass is 527 g/mol. The number of halogens is 2. The summed E-state index contributed by atoms with van der Waals surface area (Å²) in [6.07, 6.45) is 1.74. The summed E-state index contributed by atoms with van der Waals surface area (Å²) in [5.41, 5.74) is 2.05. The summed E-state index contributed by atoms with van der Waals surface area (Å²) in [6, 6.07) is 11.0. The molecule has 2 amide bonds. The van der Waals surface area contributed by atoms with Gasteiger partial charge in [0.15, 0.2) is 0 Å². The van der Waals surface area contributed by atoms with Gasteiger partial charge in [0, 0.05) is 22.6 Å². The smallest absolute Gasteiger partial charge is 0.244 e. The number of hydrogen-bond acceptors (Lipinski definition) is 4. The average Bonchev–Trinajstić information content (AvgIpc) is 2.74. The summed E-state index contributed by atoms with van der Waals surface area (Å²) in [4.78, 5) is 27.7. The molecule has 0 aromatic heterocycles. The van der Waals surface area contributed by atoms with Crippen LogP contribution in [0.3, 0.4) is 0 Å². The zero-order chi connectivity index (χ0) is 25.6. The van der Waals surface area contributed by atoms with Gasteiger partial charge >= 0.3 is 0 Å². The number of benzene rings is 2. The van der Waals surface area contributed by atoms with Gasteiger partial charge < -0.3 is 10.2 Å². The molecule has 34 heavy (non-hydrogen) atoms. The standard InChI is InChI=1S/C24H31Cl2N3O4S/c1-6-17(3)27-24(31)18(4)28(14-19-9-7-16(2)8-10-19)23(30)15-29(34(5,32)33)22-12-20(25)11-21(26)13-22/h7-13,17-18H,6,14-15H2,1-5H3,(H,27,31)/t17-,18+/m1/s1. The zero-order valence-corrected chi connectivity index (χ0v) is 22.3. The minimum atomic E-state index is -3.86. The van der Waals surface area contributed by atoms with E-state index in [0.717, 1.165) is 28.1 Å². The van der Waals surface area contributed by atoms with E-state index >= 15 is 0 Å². The second-order valence-corrected chi connectivity index (χ2v) is 11.2. The number of anilines is 1. The number of sulfonamides is 1. The van der Waals surface area contributed by atoms with Gasteiger partial charge in [-0.05, 0) is 51.0 Å². The predicted molar refractivity (Wildman–Crippen MR) is 138 cm³/mol. The highest BCUT2D eigenvalue weighted by Crippen LogP contribution is 2.27. The molecule has 0 bridgehead atoms. The molecule has 0 saturated carbocycles. The summed E-state index contributed by atoms with van der Waals surface area (Å²) >= 11 is 12.1. The Morgan fingerprint density at radius 2 is 1.59 bits per heavy atom. The maximum absolute atomic E-state index is 13.5. The molecule has 0 unspecified atom stereocenters. The highest BCUT2D eigenvalue weighted by molar-refractivity contribution is 7.92. The van der Waals surface area contributed by atoms with E-state index in [-0.39, 0.29) is 34.2 Å². The molecule has 0 aliphatic carbocycles. The topological polar surface area (TPSA) is 86.8 Å². The van der Waals surface area contributed by atoms with Crippen LogP contribution >= 0.6 is 23.2 Å². The van der Waals surface area contributed by atoms with Crippen LogP contribution in [0, 0.1) is 6.92 Å². The van der Waals surface area contributed by atoms with Crippen LogP contribution in [0.25, 0.3) is 0 Å². The van der Waals surface area contributed by atoms with Crippen molar-refractivity contribution in [2.75, 3.05) is 17.1 Å². The van der Waals surface area contributed by atoms with Crippen LogP contribution in [0.1, 0.15) is 38.3 Å². The maximum atomic E-state index is 13.5. The first-order chi connectivity index (χ1) is 15.8. The molecule has 0 spiro atoms. The van der Waals surface area contributed by atoms with Crippen molar-refractivity contribution in [2.45, 2.75) is 52.7 Å². The second kappa shape index (κ2) is 11.9. The van der Waals surface area contributed by atoms with E-state index in [1.54, 1.807) is 6.92 Å². The van der Waals surface area contributed by atoms with Crippen molar-refractivity contribution in [3.05, 3.63) is 63.6 Å². The number of nitrogens with one attached hydrogen (secondary N) is 1. The lowest BCUT2D eigenvalue weighted by molar-refractivity contribution is -0.139. The van der Waals surface area contributed by atoms with Gasteiger partial charge in [0.05, 0.1) is 11.9 Å². The Hall–Kier alpha value is -2.29. The fourth-order valence-electron chi connectivity index (χ4n) is 3.24. The molecule has 2 aromatic carbocycles. The summed E-state index contributed by atoms with van der Waals surface area (Å²) in [5.74, 6) is -0.847. The molecule has 0 fully saturated rings. The zero-order valence-electron chi connectivity index (χ0n) is 20.0. The molecule has 0 saturated heterocycles. The molecule has 2 aromatic rings. The Morgan fingerprint density at radius 3 is 2.09 bits per heavy atom. The number of hydrogen-bond donors (Lipinski definition) is 1. The second-order valence-electron chi connectivity index (χ2n) is 8.40. The molecule has 0 aliphatic rings. The molecule has 7 nitrogen and oxygen atoms in total. The molecule has 0 radical (unpaired) electrons. The lowest BCUT2D eigenvalue weighted by Crippen LogP contribution is -2.52. The predicted octanol–water partition coefficient (Wildman–Crippen LogP) is 4.40. The van der Waals surface area contributed by atoms with Gasteiger partial charge in [-0.3, -0.25) is 13.9 Å². The van der Waals surface area contributed by atoms with Crippen LogP contribution in [0.15, 0.2) is 42.5 Å². The molecule has 0 aliphatic heterocycles. The third-order valence-electron chi connectivity index (χ3n) is 5.46. The largest absolute Gasteiger partial charge is 0.352 e. The summed E-state index contributed by atoms with van der Waals surface area (Å²) < 4.78 is 26.1. The van der Waals surface area contributed by atoms with E-state index in [9.17, 15) is 18.0 Å². The SMILES string of the molecule is CC[C@@H](C)NC(=O)[C@H](C)N(Cc1ccc(C)cc1)C(=O)CN(c1cc(Cl)cc(Cl)c1)S(C)(=O)=O. The van der Waals surface area contributed by atoms with Crippen LogP contribution in [-0.2, 0) is 26.2 Å². The minimum absolute atomic E-state index is 0.0626. The molecule has 2 atom stereocenters. The van der Waals surface area contributed by atoms with Crippen molar-refractivity contribution in [1.82, 2.24) is 10.2 Å². The maximum Gasteiger partial charge on any atom is 0.244 e. The van der Waals surface area contributed by atoms with E-state index in [0.29, 0.717) is 0 Å². The molecule has 2 rings (SSSR count). The van der Waals surface area contributed by atoms with Gasteiger partial charge in [-0.25, -0.2) is 8.42 Å². The number of nitrogens with zero attached hydrogens (tertiary/aromatic N) is 2. The fraction of sp³-hybridized carbons (Fsp3) is 0.417. The third-order valence-corrected chi connectivity index (χ3v) is 7.03. The van der Waals surface area contributed by atoms with Crippen LogP contribution < -0.4 is 9.62 Å². The Bertz CT molecular complexity index is 1100. The van der Waals surface area contributed by atoms with Crippen LogP contribution in [0.2, 0.25) is 10.0 Å².